The number of nitrogens with zero attached hydrogens (tertiary/aromatic N) is 1. The molecule has 7 heteroatoms. The summed E-state index contributed by atoms with van der Waals surface area (Å²) in [7, 11) is 0. The van der Waals surface area contributed by atoms with Crippen LogP contribution in [0.25, 0.3) is 6.08 Å². The number of halogens is 3. The number of hydrogen-bond donors (Lipinski definition) is 2. The molecule has 1 aromatic rings. The molecule has 3 N–H and O–H groups in total. The van der Waals surface area contributed by atoms with E-state index < -0.39 is 0 Å². The fraction of sp³-hybridized carbons (Fsp3) is 0.286. The molecule has 21 heavy (non-hydrogen) atoms. The first-order valence-electron chi connectivity index (χ1n) is 6.13. The van der Waals surface area contributed by atoms with E-state index in [0.29, 0.717) is 28.1 Å². The summed E-state index contributed by atoms with van der Waals surface area (Å²) in [4.78, 5) is 15.7. The lowest BCUT2D eigenvalue weighted by Crippen LogP contribution is -2.36. The van der Waals surface area contributed by atoms with Gasteiger partial charge in [0.15, 0.2) is 5.96 Å². The minimum absolute atomic E-state index is 0. The summed E-state index contributed by atoms with van der Waals surface area (Å²) in [6.07, 6.45) is 2.85. The predicted molar refractivity (Wildman–Crippen MR) is 92.2 cm³/mol. The van der Waals surface area contributed by atoms with Crippen LogP contribution in [0.1, 0.15) is 19.4 Å². The molecule has 0 unspecified atom stereocenters. The highest BCUT2D eigenvalue weighted by Gasteiger charge is 2.03. The smallest absolute Gasteiger partial charge is 0.250 e. The van der Waals surface area contributed by atoms with Crippen molar-refractivity contribution in [2.45, 2.75) is 13.8 Å². The van der Waals surface area contributed by atoms with Crippen LogP contribution >= 0.6 is 35.6 Å². The largest absolute Gasteiger partial charge is 0.370 e. The quantitative estimate of drug-likeness (QED) is 0.495. The molecular weight excluding hydrogens is 333 g/mol. The summed E-state index contributed by atoms with van der Waals surface area (Å²) in [6.45, 7) is 4.59. The summed E-state index contributed by atoms with van der Waals surface area (Å²) >= 11 is 12.0. The van der Waals surface area contributed by atoms with E-state index in [1.54, 1.807) is 18.2 Å². The third kappa shape index (κ3) is 7.37. The molecule has 0 saturated carbocycles. The molecule has 0 bridgehead atoms. The van der Waals surface area contributed by atoms with Gasteiger partial charge in [-0.2, -0.15) is 0 Å². The zero-order valence-electron chi connectivity index (χ0n) is 11.8. The van der Waals surface area contributed by atoms with Crippen molar-refractivity contribution in [1.29, 1.82) is 0 Å². The van der Waals surface area contributed by atoms with Gasteiger partial charge < -0.3 is 5.73 Å². The predicted octanol–water partition coefficient (Wildman–Crippen LogP) is 3.52. The number of hydrogen-bond acceptors (Lipinski definition) is 2. The van der Waals surface area contributed by atoms with Crippen molar-refractivity contribution in [3.63, 3.8) is 0 Å². The number of guanidine groups is 1. The molecule has 0 spiro atoms. The number of benzene rings is 1. The fourth-order valence-electron chi connectivity index (χ4n) is 1.32. The molecule has 116 valence electrons. The van der Waals surface area contributed by atoms with Gasteiger partial charge in [-0.15, -0.1) is 12.4 Å². The van der Waals surface area contributed by atoms with Gasteiger partial charge in [-0.05, 0) is 24.1 Å². The highest BCUT2D eigenvalue weighted by Crippen LogP contribution is 2.25. The number of aliphatic imine (C=N–C) groups is 1. The van der Waals surface area contributed by atoms with Gasteiger partial charge in [0.05, 0.1) is 0 Å². The summed E-state index contributed by atoms with van der Waals surface area (Å²) in [5, 5.41) is 3.41. The molecule has 4 nitrogen and oxygen atoms in total. The number of amides is 1. The number of rotatable bonds is 4. The van der Waals surface area contributed by atoms with Crippen molar-refractivity contribution in [1.82, 2.24) is 5.32 Å². The average Bonchev–Trinajstić information content (AvgIpc) is 2.35. The van der Waals surface area contributed by atoms with E-state index in [-0.39, 0.29) is 24.3 Å². The lowest BCUT2D eigenvalue weighted by molar-refractivity contribution is -0.115. The molecule has 0 radical (unpaired) electrons. The van der Waals surface area contributed by atoms with Gasteiger partial charge in [-0.25, -0.2) is 0 Å². The Labute approximate surface area is 140 Å². The van der Waals surface area contributed by atoms with Crippen LogP contribution in [0.5, 0.6) is 0 Å². The monoisotopic (exact) mass is 349 g/mol. The van der Waals surface area contributed by atoms with Crippen molar-refractivity contribution >= 4 is 53.6 Å². The molecule has 1 aromatic carbocycles. The van der Waals surface area contributed by atoms with Crippen molar-refractivity contribution in [2.75, 3.05) is 6.54 Å². The van der Waals surface area contributed by atoms with E-state index in [2.05, 4.69) is 10.3 Å². The van der Waals surface area contributed by atoms with E-state index in [1.807, 2.05) is 13.8 Å². The van der Waals surface area contributed by atoms with Gasteiger partial charge >= 0.3 is 0 Å². The minimum Gasteiger partial charge on any atom is -0.370 e. The maximum Gasteiger partial charge on any atom is 0.250 e. The highest BCUT2D eigenvalue weighted by molar-refractivity contribution is 6.37. The second-order valence-corrected chi connectivity index (χ2v) is 5.39. The highest BCUT2D eigenvalue weighted by atomic mass is 35.5. The van der Waals surface area contributed by atoms with Gasteiger partial charge in [0.2, 0.25) is 0 Å². The number of carbonyl (C=O) groups is 1. The van der Waals surface area contributed by atoms with Gasteiger partial charge in [-0.3, -0.25) is 15.1 Å². The van der Waals surface area contributed by atoms with Crippen LogP contribution in [0.15, 0.2) is 29.3 Å². The number of nitrogens with two attached hydrogens (primary N) is 1. The third-order valence-electron chi connectivity index (χ3n) is 2.28. The summed E-state index contributed by atoms with van der Waals surface area (Å²) < 4.78 is 0. The maximum absolute atomic E-state index is 11.6. The van der Waals surface area contributed by atoms with Gasteiger partial charge in [0.1, 0.15) is 0 Å². The molecule has 0 fully saturated rings. The first-order chi connectivity index (χ1) is 9.40. The summed E-state index contributed by atoms with van der Waals surface area (Å²) in [5.41, 5.74) is 6.17. The molecule has 0 atom stereocenters. The molecular formula is C14H18Cl3N3O. The van der Waals surface area contributed by atoms with Crippen molar-refractivity contribution in [2.24, 2.45) is 16.6 Å². The Hall–Kier alpha value is -1.23. The molecule has 1 amide bonds. The van der Waals surface area contributed by atoms with Crippen LogP contribution < -0.4 is 11.1 Å². The SMILES string of the molecule is CC(C)CN=C(N)NC(=O)C=Cc1c(Cl)cccc1Cl.Cl. The van der Waals surface area contributed by atoms with Crippen LogP contribution in [0.4, 0.5) is 0 Å². The Morgan fingerprint density at radius 1 is 1.38 bits per heavy atom. The molecule has 0 aromatic heterocycles. The molecule has 0 saturated heterocycles. The van der Waals surface area contributed by atoms with E-state index in [9.17, 15) is 4.79 Å². The van der Waals surface area contributed by atoms with E-state index in [4.69, 9.17) is 28.9 Å². The van der Waals surface area contributed by atoms with Gasteiger partial charge in [0, 0.05) is 28.2 Å². The Morgan fingerprint density at radius 2 is 1.95 bits per heavy atom. The Bertz CT molecular complexity index is 522. The third-order valence-corrected chi connectivity index (χ3v) is 2.94. The standard InChI is InChI=1S/C14H17Cl2N3O.ClH/c1-9(2)8-18-14(17)19-13(20)7-6-10-11(15)4-3-5-12(10)16;/h3-7,9H,8H2,1-2H3,(H3,17,18,19,20);1H. The lowest BCUT2D eigenvalue weighted by atomic mass is 10.2. The van der Waals surface area contributed by atoms with Crippen molar-refractivity contribution in [3.05, 3.63) is 39.9 Å². The topological polar surface area (TPSA) is 67.5 Å². The number of nitrogens with one attached hydrogen (secondary N) is 1. The van der Waals surface area contributed by atoms with Crippen LogP contribution in [-0.4, -0.2) is 18.4 Å². The second-order valence-electron chi connectivity index (χ2n) is 4.58. The van der Waals surface area contributed by atoms with Gasteiger partial charge in [0.25, 0.3) is 5.91 Å². The lowest BCUT2D eigenvalue weighted by Gasteiger charge is -2.03. The van der Waals surface area contributed by atoms with E-state index in [0.717, 1.165) is 0 Å². The molecule has 0 heterocycles. The van der Waals surface area contributed by atoms with Crippen LogP contribution in [0.2, 0.25) is 10.0 Å². The zero-order valence-corrected chi connectivity index (χ0v) is 14.1. The zero-order chi connectivity index (χ0) is 15.1. The molecule has 0 aliphatic rings. The molecule has 1 rings (SSSR count). The van der Waals surface area contributed by atoms with Crippen LogP contribution in [0, 0.1) is 5.92 Å². The van der Waals surface area contributed by atoms with E-state index >= 15 is 0 Å². The first kappa shape index (κ1) is 19.8. The van der Waals surface area contributed by atoms with Crippen LogP contribution in [0.3, 0.4) is 0 Å². The van der Waals surface area contributed by atoms with Crippen molar-refractivity contribution in [3.8, 4) is 0 Å². The molecule has 0 aliphatic carbocycles. The van der Waals surface area contributed by atoms with Gasteiger partial charge in [-0.1, -0.05) is 43.1 Å². The Kier molecular flexibility index (Phi) is 9.09. The van der Waals surface area contributed by atoms with Crippen LogP contribution in [-0.2, 0) is 4.79 Å². The van der Waals surface area contributed by atoms with Crippen molar-refractivity contribution < 1.29 is 4.79 Å². The number of carbonyl (C=O) groups excluding carboxylic acids is 1. The fourth-order valence-corrected chi connectivity index (χ4v) is 1.84. The normalized spacial score (nSPS) is 11.6. The first-order valence-corrected chi connectivity index (χ1v) is 6.88. The molecule has 0 aliphatic heterocycles. The average molecular weight is 351 g/mol. The Morgan fingerprint density at radius 3 is 2.48 bits per heavy atom. The summed E-state index contributed by atoms with van der Waals surface area (Å²) in [5.74, 6) is 0.0903. The maximum atomic E-state index is 11.6. The van der Waals surface area contributed by atoms with E-state index in [1.165, 1.54) is 12.2 Å². The Balaban J connectivity index is 0.00000400. The minimum atomic E-state index is -0.383. The summed E-state index contributed by atoms with van der Waals surface area (Å²) in [6, 6.07) is 5.13. The second kappa shape index (κ2) is 9.66.